The minimum absolute atomic E-state index is 0.204. The summed E-state index contributed by atoms with van der Waals surface area (Å²) in [7, 11) is 1.54. The van der Waals surface area contributed by atoms with Crippen LogP contribution in [0.2, 0.25) is 0 Å². The molecule has 0 bridgehead atoms. The van der Waals surface area contributed by atoms with E-state index in [0.29, 0.717) is 12.0 Å². The largest absolute Gasteiger partial charge is 0.467 e. The molecule has 6 nitrogen and oxygen atoms in total. The maximum Gasteiger partial charge on any atom is 0.324 e. The van der Waals surface area contributed by atoms with Gasteiger partial charge >= 0.3 is 12.0 Å². The molecule has 2 atom stereocenters. The van der Waals surface area contributed by atoms with Crippen LogP contribution in [-0.4, -0.2) is 34.7 Å². The zero-order valence-corrected chi connectivity index (χ0v) is 12.6. The van der Waals surface area contributed by atoms with Crippen molar-refractivity contribution in [3.8, 4) is 12.0 Å². The van der Waals surface area contributed by atoms with Gasteiger partial charge in [0.1, 0.15) is 6.10 Å². The topological polar surface area (TPSA) is 69.2 Å². The molecule has 112 valence electrons. The third-order valence-corrected chi connectivity index (χ3v) is 3.70. The molecule has 20 heavy (non-hydrogen) atoms. The van der Waals surface area contributed by atoms with E-state index in [1.54, 1.807) is 7.11 Å². The van der Waals surface area contributed by atoms with E-state index in [4.69, 9.17) is 9.47 Å². The standard InChI is InChI=1S/C14H24N4O2/c1-4-10-7-6-8-11(9-10)20-14-17-12(15-5-2)16-13(18-14)19-3/h10-11H,4-9H2,1-3H3,(H,15,16,17,18). The van der Waals surface area contributed by atoms with E-state index in [2.05, 4.69) is 27.2 Å². The number of methoxy groups -OCH3 is 1. The van der Waals surface area contributed by atoms with E-state index < -0.39 is 0 Å². The Morgan fingerprint density at radius 3 is 2.65 bits per heavy atom. The summed E-state index contributed by atoms with van der Waals surface area (Å²) in [5.74, 6) is 1.25. The molecule has 0 spiro atoms. The van der Waals surface area contributed by atoms with Gasteiger partial charge in [0, 0.05) is 6.54 Å². The van der Waals surface area contributed by atoms with Gasteiger partial charge in [-0.1, -0.05) is 19.8 Å². The van der Waals surface area contributed by atoms with Gasteiger partial charge in [0.25, 0.3) is 0 Å². The lowest BCUT2D eigenvalue weighted by molar-refractivity contribution is 0.110. The lowest BCUT2D eigenvalue weighted by Crippen LogP contribution is -2.26. The maximum atomic E-state index is 5.93. The number of rotatable bonds is 6. The van der Waals surface area contributed by atoms with Crippen molar-refractivity contribution >= 4 is 5.95 Å². The summed E-state index contributed by atoms with van der Waals surface area (Å²) in [4.78, 5) is 12.6. The van der Waals surface area contributed by atoms with Gasteiger partial charge in [-0.05, 0) is 32.1 Å². The van der Waals surface area contributed by atoms with Crippen molar-refractivity contribution < 1.29 is 9.47 Å². The molecule has 0 aliphatic heterocycles. The number of anilines is 1. The Bertz CT molecular complexity index is 428. The molecule has 0 amide bonds. The highest BCUT2D eigenvalue weighted by Crippen LogP contribution is 2.29. The first kappa shape index (κ1) is 14.8. The Morgan fingerprint density at radius 2 is 1.95 bits per heavy atom. The summed E-state index contributed by atoms with van der Waals surface area (Å²) in [6.07, 6.45) is 6.09. The molecule has 2 rings (SSSR count). The van der Waals surface area contributed by atoms with E-state index in [0.717, 1.165) is 25.3 Å². The van der Waals surface area contributed by atoms with Gasteiger partial charge in [-0.25, -0.2) is 0 Å². The summed E-state index contributed by atoms with van der Waals surface area (Å²) in [5.41, 5.74) is 0. The molecule has 1 aliphatic rings. The van der Waals surface area contributed by atoms with Crippen LogP contribution in [0.15, 0.2) is 0 Å². The third-order valence-electron chi connectivity index (χ3n) is 3.70. The van der Waals surface area contributed by atoms with E-state index in [1.807, 2.05) is 6.92 Å². The zero-order chi connectivity index (χ0) is 14.4. The van der Waals surface area contributed by atoms with Crippen molar-refractivity contribution in [1.29, 1.82) is 0 Å². The van der Waals surface area contributed by atoms with E-state index in [1.165, 1.54) is 19.3 Å². The number of aromatic nitrogens is 3. The van der Waals surface area contributed by atoms with Gasteiger partial charge < -0.3 is 14.8 Å². The number of nitrogens with zero attached hydrogens (tertiary/aromatic N) is 3. The van der Waals surface area contributed by atoms with Crippen molar-refractivity contribution in [2.24, 2.45) is 5.92 Å². The summed E-state index contributed by atoms with van der Waals surface area (Å²) >= 11 is 0. The molecule has 1 aromatic heterocycles. The smallest absolute Gasteiger partial charge is 0.324 e. The molecule has 0 aromatic carbocycles. The fraction of sp³-hybridized carbons (Fsp3) is 0.786. The average molecular weight is 280 g/mol. The fourth-order valence-corrected chi connectivity index (χ4v) is 2.59. The predicted octanol–water partition coefficient (Wildman–Crippen LogP) is 2.66. The summed E-state index contributed by atoms with van der Waals surface area (Å²) < 4.78 is 11.0. The Balaban J connectivity index is 2.05. The second-order valence-electron chi connectivity index (χ2n) is 5.14. The molecule has 1 aliphatic carbocycles. The van der Waals surface area contributed by atoms with Crippen LogP contribution >= 0.6 is 0 Å². The molecular formula is C14H24N4O2. The molecule has 1 heterocycles. The first-order valence-corrected chi connectivity index (χ1v) is 7.45. The quantitative estimate of drug-likeness (QED) is 0.864. The Kier molecular flexibility index (Phi) is 5.38. The molecule has 6 heteroatoms. The molecule has 2 unspecified atom stereocenters. The van der Waals surface area contributed by atoms with Crippen molar-refractivity contribution in [2.75, 3.05) is 19.0 Å². The van der Waals surface area contributed by atoms with Crippen LogP contribution in [0, 0.1) is 5.92 Å². The van der Waals surface area contributed by atoms with Crippen LogP contribution in [0.1, 0.15) is 46.0 Å². The molecule has 0 saturated heterocycles. The van der Waals surface area contributed by atoms with E-state index in [-0.39, 0.29) is 12.1 Å². The van der Waals surface area contributed by atoms with Gasteiger partial charge in [0.15, 0.2) is 0 Å². The average Bonchev–Trinajstić information content (AvgIpc) is 2.47. The van der Waals surface area contributed by atoms with Crippen LogP contribution in [-0.2, 0) is 0 Å². The van der Waals surface area contributed by atoms with Crippen LogP contribution in [0.4, 0.5) is 5.95 Å². The highest BCUT2D eigenvalue weighted by Gasteiger charge is 2.23. The molecule has 1 fully saturated rings. The number of ether oxygens (including phenoxy) is 2. The first-order valence-electron chi connectivity index (χ1n) is 7.45. The Labute approximate surface area is 120 Å². The molecular weight excluding hydrogens is 256 g/mol. The number of hydrogen-bond donors (Lipinski definition) is 1. The summed E-state index contributed by atoms with van der Waals surface area (Å²) in [5, 5.41) is 3.06. The van der Waals surface area contributed by atoms with E-state index >= 15 is 0 Å². The Morgan fingerprint density at radius 1 is 1.15 bits per heavy atom. The molecule has 0 radical (unpaired) electrons. The highest BCUT2D eigenvalue weighted by molar-refractivity contribution is 5.27. The lowest BCUT2D eigenvalue weighted by atomic mass is 9.86. The molecule has 1 N–H and O–H groups in total. The highest BCUT2D eigenvalue weighted by atomic mass is 16.5. The van der Waals surface area contributed by atoms with Gasteiger partial charge in [-0.2, -0.15) is 9.97 Å². The molecule has 1 saturated carbocycles. The monoisotopic (exact) mass is 280 g/mol. The second-order valence-corrected chi connectivity index (χ2v) is 5.14. The normalized spacial score (nSPS) is 22.4. The second kappa shape index (κ2) is 7.26. The van der Waals surface area contributed by atoms with Crippen LogP contribution in [0.5, 0.6) is 12.0 Å². The first-order chi connectivity index (χ1) is 9.75. The Hall–Kier alpha value is -1.59. The van der Waals surface area contributed by atoms with E-state index in [9.17, 15) is 0 Å². The minimum Gasteiger partial charge on any atom is -0.467 e. The zero-order valence-electron chi connectivity index (χ0n) is 12.6. The molecule has 1 aromatic rings. The third kappa shape index (κ3) is 3.95. The van der Waals surface area contributed by atoms with Crippen molar-refractivity contribution in [3.05, 3.63) is 0 Å². The fourth-order valence-electron chi connectivity index (χ4n) is 2.59. The summed E-state index contributed by atoms with van der Waals surface area (Å²) in [6.45, 7) is 4.97. The number of nitrogens with one attached hydrogen (secondary N) is 1. The van der Waals surface area contributed by atoms with Gasteiger partial charge in [0.2, 0.25) is 5.95 Å². The summed E-state index contributed by atoms with van der Waals surface area (Å²) in [6, 6.07) is 0.642. The van der Waals surface area contributed by atoms with Crippen LogP contribution in [0.25, 0.3) is 0 Å². The maximum absolute atomic E-state index is 5.93. The number of hydrogen-bond acceptors (Lipinski definition) is 6. The minimum atomic E-state index is 0.204. The van der Waals surface area contributed by atoms with Crippen LogP contribution in [0.3, 0.4) is 0 Å². The van der Waals surface area contributed by atoms with Gasteiger partial charge in [-0.15, -0.1) is 4.98 Å². The van der Waals surface area contributed by atoms with Crippen molar-refractivity contribution in [3.63, 3.8) is 0 Å². The van der Waals surface area contributed by atoms with Gasteiger partial charge in [-0.3, -0.25) is 0 Å². The SMILES string of the molecule is CCNc1nc(OC)nc(OC2CCCC(CC)C2)n1. The van der Waals surface area contributed by atoms with Gasteiger partial charge in [0.05, 0.1) is 7.11 Å². The van der Waals surface area contributed by atoms with Crippen LogP contribution < -0.4 is 14.8 Å². The predicted molar refractivity (Wildman–Crippen MR) is 77.2 cm³/mol. The van der Waals surface area contributed by atoms with Crippen molar-refractivity contribution in [2.45, 2.75) is 52.1 Å². The van der Waals surface area contributed by atoms with Crippen molar-refractivity contribution in [1.82, 2.24) is 15.0 Å². The lowest BCUT2D eigenvalue weighted by Gasteiger charge is -2.28.